The van der Waals surface area contributed by atoms with Crippen LogP contribution in [-0.4, -0.2) is 50.7 Å². The standard InChI is InChI=1S/C19H21FN2O4S2/c1-14-6-7-15(28(24,25)22-8-10-26-11-9-22)12-17(14)21-19(23)13-27-18-5-3-2-4-16(18)20/h2-7,12H,8-11,13H2,1H3,(H,21,23). The molecular weight excluding hydrogens is 403 g/mol. The van der Waals surface area contributed by atoms with E-state index in [0.717, 1.165) is 17.3 Å². The Morgan fingerprint density at radius 2 is 1.93 bits per heavy atom. The van der Waals surface area contributed by atoms with Crippen LogP contribution >= 0.6 is 11.8 Å². The summed E-state index contributed by atoms with van der Waals surface area (Å²) >= 11 is 1.09. The maximum absolute atomic E-state index is 13.7. The molecule has 1 amide bonds. The average Bonchev–Trinajstić information content (AvgIpc) is 2.69. The number of sulfonamides is 1. The third kappa shape index (κ3) is 4.91. The van der Waals surface area contributed by atoms with Crippen molar-refractivity contribution in [2.24, 2.45) is 0 Å². The molecule has 1 N–H and O–H groups in total. The first kappa shape index (κ1) is 20.8. The quantitative estimate of drug-likeness (QED) is 0.722. The summed E-state index contributed by atoms with van der Waals surface area (Å²) in [5.41, 5.74) is 1.17. The van der Waals surface area contributed by atoms with Gasteiger partial charge in [-0.2, -0.15) is 4.31 Å². The molecule has 1 fully saturated rings. The molecule has 0 bridgehead atoms. The van der Waals surface area contributed by atoms with Crippen LogP contribution in [0.25, 0.3) is 0 Å². The van der Waals surface area contributed by atoms with Gasteiger partial charge < -0.3 is 10.1 Å². The molecular formula is C19H21FN2O4S2. The van der Waals surface area contributed by atoms with Gasteiger partial charge in [0.1, 0.15) is 5.82 Å². The summed E-state index contributed by atoms with van der Waals surface area (Å²) in [6, 6.07) is 10.9. The van der Waals surface area contributed by atoms with Crippen molar-refractivity contribution in [1.82, 2.24) is 4.31 Å². The van der Waals surface area contributed by atoms with Gasteiger partial charge in [0, 0.05) is 23.7 Å². The fourth-order valence-electron chi connectivity index (χ4n) is 2.72. The van der Waals surface area contributed by atoms with E-state index in [1.807, 2.05) is 0 Å². The number of nitrogens with one attached hydrogen (secondary N) is 1. The highest BCUT2D eigenvalue weighted by Gasteiger charge is 2.26. The van der Waals surface area contributed by atoms with Gasteiger partial charge in [0.15, 0.2) is 0 Å². The number of carbonyl (C=O) groups is 1. The van der Waals surface area contributed by atoms with Crippen LogP contribution in [-0.2, 0) is 19.6 Å². The van der Waals surface area contributed by atoms with Crippen LogP contribution in [0.4, 0.5) is 10.1 Å². The van der Waals surface area contributed by atoms with Crippen molar-refractivity contribution >= 4 is 33.4 Å². The van der Waals surface area contributed by atoms with Crippen molar-refractivity contribution in [3.05, 3.63) is 53.8 Å². The zero-order valence-corrected chi connectivity index (χ0v) is 17.0. The Labute approximate surface area is 168 Å². The molecule has 9 heteroatoms. The zero-order chi connectivity index (χ0) is 20.1. The number of rotatable bonds is 6. The van der Waals surface area contributed by atoms with Crippen LogP contribution < -0.4 is 5.32 Å². The Kier molecular flexibility index (Phi) is 6.71. The molecule has 2 aromatic rings. The van der Waals surface area contributed by atoms with E-state index in [9.17, 15) is 17.6 Å². The van der Waals surface area contributed by atoms with Gasteiger partial charge in [0.25, 0.3) is 0 Å². The summed E-state index contributed by atoms with van der Waals surface area (Å²) < 4.78 is 45.8. The molecule has 1 aliphatic rings. The highest BCUT2D eigenvalue weighted by Crippen LogP contribution is 2.25. The van der Waals surface area contributed by atoms with Crippen molar-refractivity contribution in [2.45, 2.75) is 16.7 Å². The summed E-state index contributed by atoms with van der Waals surface area (Å²) in [7, 11) is -3.65. The molecule has 1 heterocycles. The highest BCUT2D eigenvalue weighted by atomic mass is 32.2. The molecule has 0 aliphatic carbocycles. The number of benzene rings is 2. The van der Waals surface area contributed by atoms with E-state index in [0.29, 0.717) is 36.9 Å². The fourth-order valence-corrected chi connectivity index (χ4v) is 4.90. The molecule has 28 heavy (non-hydrogen) atoms. The summed E-state index contributed by atoms with van der Waals surface area (Å²) in [5.74, 6) is -0.701. The van der Waals surface area contributed by atoms with Crippen molar-refractivity contribution < 1.29 is 22.3 Å². The first-order chi connectivity index (χ1) is 13.4. The molecule has 1 aliphatic heterocycles. The number of morpholine rings is 1. The Morgan fingerprint density at radius 1 is 1.21 bits per heavy atom. The van der Waals surface area contributed by atoms with E-state index < -0.39 is 10.0 Å². The van der Waals surface area contributed by atoms with Crippen molar-refractivity contribution in [3.8, 4) is 0 Å². The largest absolute Gasteiger partial charge is 0.379 e. The lowest BCUT2D eigenvalue weighted by atomic mass is 10.2. The van der Waals surface area contributed by atoms with Crippen LogP contribution in [0.2, 0.25) is 0 Å². The third-order valence-electron chi connectivity index (χ3n) is 4.29. The van der Waals surface area contributed by atoms with Gasteiger partial charge in [-0.3, -0.25) is 4.79 Å². The SMILES string of the molecule is Cc1ccc(S(=O)(=O)N2CCOCC2)cc1NC(=O)CSc1ccccc1F. The second-order valence-corrected chi connectivity index (χ2v) is 9.22. The number of halogens is 1. The van der Waals surface area contributed by atoms with Crippen LogP contribution in [0, 0.1) is 12.7 Å². The van der Waals surface area contributed by atoms with Crippen molar-refractivity contribution in [2.75, 3.05) is 37.4 Å². The van der Waals surface area contributed by atoms with Gasteiger partial charge in [-0.15, -0.1) is 11.8 Å². The predicted octanol–water partition coefficient (Wildman–Crippen LogP) is 2.89. The van der Waals surface area contributed by atoms with E-state index in [4.69, 9.17) is 4.74 Å². The van der Waals surface area contributed by atoms with Gasteiger partial charge in [0.2, 0.25) is 15.9 Å². The first-order valence-electron chi connectivity index (χ1n) is 8.73. The molecule has 0 spiro atoms. The fraction of sp³-hybridized carbons (Fsp3) is 0.316. The van der Waals surface area contributed by atoms with Gasteiger partial charge in [-0.25, -0.2) is 12.8 Å². The first-order valence-corrected chi connectivity index (χ1v) is 11.2. The second kappa shape index (κ2) is 9.04. The number of amides is 1. The Bertz CT molecular complexity index is 960. The minimum absolute atomic E-state index is 0.0147. The van der Waals surface area contributed by atoms with Gasteiger partial charge >= 0.3 is 0 Å². The lowest BCUT2D eigenvalue weighted by Gasteiger charge is -2.26. The Hall–Kier alpha value is -1.94. The minimum atomic E-state index is -3.65. The molecule has 0 aromatic heterocycles. The number of hydrogen-bond acceptors (Lipinski definition) is 5. The van der Waals surface area contributed by atoms with Gasteiger partial charge in [-0.05, 0) is 36.8 Å². The second-order valence-electron chi connectivity index (χ2n) is 6.26. The molecule has 3 rings (SSSR count). The number of aryl methyl sites for hydroxylation is 1. The smallest absolute Gasteiger partial charge is 0.243 e. The molecule has 0 radical (unpaired) electrons. The normalized spacial score (nSPS) is 15.4. The van der Waals surface area contributed by atoms with E-state index in [1.54, 1.807) is 31.2 Å². The summed E-state index contributed by atoms with van der Waals surface area (Å²) in [6.07, 6.45) is 0. The maximum atomic E-state index is 13.7. The highest BCUT2D eigenvalue weighted by molar-refractivity contribution is 8.00. The number of carbonyl (C=O) groups excluding carboxylic acids is 1. The summed E-state index contributed by atoms with van der Waals surface area (Å²) in [5, 5.41) is 2.73. The van der Waals surface area contributed by atoms with E-state index in [1.165, 1.54) is 22.5 Å². The molecule has 6 nitrogen and oxygen atoms in total. The monoisotopic (exact) mass is 424 g/mol. The lowest BCUT2D eigenvalue weighted by Crippen LogP contribution is -2.40. The lowest BCUT2D eigenvalue weighted by molar-refractivity contribution is -0.113. The molecule has 0 unspecified atom stereocenters. The van der Waals surface area contributed by atoms with E-state index >= 15 is 0 Å². The maximum Gasteiger partial charge on any atom is 0.243 e. The summed E-state index contributed by atoms with van der Waals surface area (Å²) in [4.78, 5) is 12.8. The Balaban J connectivity index is 1.71. The van der Waals surface area contributed by atoms with Crippen LogP contribution in [0.3, 0.4) is 0 Å². The van der Waals surface area contributed by atoms with Crippen LogP contribution in [0.5, 0.6) is 0 Å². The molecule has 150 valence electrons. The van der Waals surface area contributed by atoms with Gasteiger partial charge in [0.05, 0.1) is 23.9 Å². The topological polar surface area (TPSA) is 75.7 Å². The average molecular weight is 425 g/mol. The van der Waals surface area contributed by atoms with Gasteiger partial charge in [-0.1, -0.05) is 18.2 Å². The van der Waals surface area contributed by atoms with Crippen LogP contribution in [0.1, 0.15) is 5.56 Å². The molecule has 2 aromatic carbocycles. The molecule has 0 saturated carbocycles. The Morgan fingerprint density at radius 3 is 2.64 bits per heavy atom. The van der Waals surface area contributed by atoms with E-state index in [2.05, 4.69) is 5.32 Å². The number of nitrogens with zero attached hydrogens (tertiary/aromatic N) is 1. The minimum Gasteiger partial charge on any atom is -0.379 e. The van der Waals surface area contributed by atoms with Crippen molar-refractivity contribution in [3.63, 3.8) is 0 Å². The summed E-state index contributed by atoms with van der Waals surface area (Å²) in [6.45, 7) is 3.11. The number of thioether (sulfide) groups is 1. The van der Waals surface area contributed by atoms with Crippen molar-refractivity contribution in [1.29, 1.82) is 0 Å². The number of anilines is 1. The van der Waals surface area contributed by atoms with Crippen LogP contribution in [0.15, 0.2) is 52.3 Å². The third-order valence-corrected chi connectivity index (χ3v) is 7.23. The number of ether oxygens (including phenoxy) is 1. The zero-order valence-electron chi connectivity index (χ0n) is 15.4. The van der Waals surface area contributed by atoms with E-state index in [-0.39, 0.29) is 22.4 Å². The number of hydrogen-bond donors (Lipinski definition) is 1. The predicted molar refractivity (Wildman–Crippen MR) is 107 cm³/mol. The molecule has 0 atom stereocenters. The molecule has 1 saturated heterocycles.